The molecule has 0 spiro atoms. The molecule has 0 aliphatic rings. The topological polar surface area (TPSA) is 33.7 Å². The predicted octanol–water partition coefficient (Wildman–Crippen LogP) is 1.23. The lowest BCUT2D eigenvalue weighted by Crippen LogP contribution is -2.29. The Kier molecular flexibility index (Phi) is 6.43. The van der Waals surface area contributed by atoms with Crippen LogP contribution < -0.4 is 14.8 Å². The Morgan fingerprint density at radius 1 is 1.06 bits per heavy atom. The van der Waals surface area contributed by atoms with Gasteiger partial charge in [-0.2, -0.15) is 0 Å². The van der Waals surface area contributed by atoms with Crippen molar-refractivity contribution >= 4 is 0 Å². The largest absolute Gasteiger partial charge is 0.497 e. The fraction of sp³-hybridized carbons (Fsp3) is 0.538. The van der Waals surface area contributed by atoms with Crippen LogP contribution in [-0.4, -0.2) is 52.3 Å². The standard InChI is InChI=1S/C13H22N2O2/c1-15(2)10-8-14-9-11-17-13-6-4-12(16-3)5-7-13/h4-7,14H,8-11H2,1-3H3. The summed E-state index contributed by atoms with van der Waals surface area (Å²) in [5.41, 5.74) is 0. The van der Waals surface area contributed by atoms with E-state index in [9.17, 15) is 0 Å². The molecule has 17 heavy (non-hydrogen) atoms. The van der Waals surface area contributed by atoms with Crippen molar-refractivity contribution in [1.29, 1.82) is 0 Å². The van der Waals surface area contributed by atoms with E-state index in [4.69, 9.17) is 9.47 Å². The second-order valence-corrected chi connectivity index (χ2v) is 4.08. The van der Waals surface area contributed by atoms with Gasteiger partial charge in [-0.15, -0.1) is 0 Å². The maximum Gasteiger partial charge on any atom is 0.119 e. The van der Waals surface area contributed by atoms with Gasteiger partial charge in [-0.1, -0.05) is 0 Å². The molecule has 0 saturated heterocycles. The molecule has 1 rings (SSSR count). The molecule has 4 heteroatoms. The highest BCUT2D eigenvalue weighted by Crippen LogP contribution is 2.16. The van der Waals surface area contributed by atoms with Crippen molar-refractivity contribution in [3.8, 4) is 11.5 Å². The van der Waals surface area contributed by atoms with Crippen LogP contribution in [0, 0.1) is 0 Å². The van der Waals surface area contributed by atoms with E-state index in [-0.39, 0.29) is 0 Å². The molecule has 0 amide bonds. The first-order chi connectivity index (χ1) is 8.22. The normalized spacial score (nSPS) is 10.6. The van der Waals surface area contributed by atoms with Gasteiger partial charge in [-0.3, -0.25) is 0 Å². The van der Waals surface area contributed by atoms with Crippen LogP contribution in [0.5, 0.6) is 11.5 Å². The van der Waals surface area contributed by atoms with Crippen LogP contribution in [0.25, 0.3) is 0 Å². The number of nitrogens with one attached hydrogen (secondary N) is 1. The van der Waals surface area contributed by atoms with Crippen LogP contribution in [0.3, 0.4) is 0 Å². The highest BCUT2D eigenvalue weighted by Gasteiger charge is 1.95. The summed E-state index contributed by atoms with van der Waals surface area (Å²) in [6.45, 7) is 3.57. The molecule has 0 fully saturated rings. The van der Waals surface area contributed by atoms with Gasteiger partial charge < -0.3 is 19.7 Å². The van der Waals surface area contributed by atoms with E-state index in [1.807, 2.05) is 24.3 Å². The zero-order valence-corrected chi connectivity index (χ0v) is 10.9. The van der Waals surface area contributed by atoms with Crippen LogP contribution in [0.2, 0.25) is 0 Å². The monoisotopic (exact) mass is 238 g/mol. The first-order valence-electron chi connectivity index (χ1n) is 5.84. The highest BCUT2D eigenvalue weighted by atomic mass is 16.5. The second kappa shape index (κ2) is 7.92. The van der Waals surface area contributed by atoms with Gasteiger partial charge in [0.1, 0.15) is 18.1 Å². The Labute approximate surface area is 104 Å². The van der Waals surface area contributed by atoms with Crippen molar-refractivity contribution < 1.29 is 9.47 Å². The SMILES string of the molecule is COc1ccc(OCCNCCN(C)C)cc1. The summed E-state index contributed by atoms with van der Waals surface area (Å²) in [4.78, 5) is 2.15. The van der Waals surface area contributed by atoms with E-state index in [1.54, 1.807) is 7.11 Å². The molecule has 1 aromatic rings. The van der Waals surface area contributed by atoms with Crippen LogP contribution in [0.1, 0.15) is 0 Å². The average Bonchev–Trinajstić information content (AvgIpc) is 2.34. The number of likely N-dealkylation sites (N-methyl/N-ethyl adjacent to an activating group) is 1. The molecule has 1 N–H and O–H groups in total. The highest BCUT2D eigenvalue weighted by molar-refractivity contribution is 5.31. The molecule has 0 aliphatic heterocycles. The molecular weight excluding hydrogens is 216 g/mol. The van der Waals surface area contributed by atoms with Crippen LogP contribution in [-0.2, 0) is 0 Å². The molecule has 0 aliphatic carbocycles. The smallest absolute Gasteiger partial charge is 0.119 e. The van der Waals surface area contributed by atoms with Crippen molar-refractivity contribution in [2.45, 2.75) is 0 Å². The first kappa shape index (κ1) is 13.8. The van der Waals surface area contributed by atoms with E-state index in [0.29, 0.717) is 6.61 Å². The fourth-order valence-corrected chi connectivity index (χ4v) is 1.34. The zero-order valence-electron chi connectivity index (χ0n) is 10.9. The molecule has 0 heterocycles. The fourth-order valence-electron chi connectivity index (χ4n) is 1.34. The van der Waals surface area contributed by atoms with Crippen LogP contribution >= 0.6 is 0 Å². The van der Waals surface area contributed by atoms with Crippen LogP contribution in [0.15, 0.2) is 24.3 Å². The molecule has 96 valence electrons. The third-order valence-electron chi connectivity index (χ3n) is 2.34. The summed E-state index contributed by atoms with van der Waals surface area (Å²) >= 11 is 0. The number of hydrogen-bond donors (Lipinski definition) is 1. The first-order valence-corrected chi connectivity index (χ1v) is 5.84. The minimum Gasteiger partial charge on any atom is -0.497 e. The Bertz CT molecular complexity index is 299. The molecule has 1 aromatic carbocycles. The van der Waals surface area contributed by atoms with Crippen molar-refractivity contribution in [1.82, 2.24) is 10.2 Å². The maximum absolute atomic E-state index is 5.58. The van der Waals surface area contributed by atoms with Crippen LogP contribution in [0.4, 0.5) is 0 Å². The Morgan fingerprint density at radius 3 is 2.29 bits per heavy atom. The van der Waals surface area contributed by atoms with Gasteiger partial charge in [0.15, 0.2) is 0 Å². The molecular formula is C13H22N2O2. The number of hydrogen-bond acceptors (Lipinski definition) is 4. The molecule has 0 radical (unpaired) electrons. The maximum atomic E-state index is 5.58. The van der Waals surface area contributed by atoms with Crippen molar-refractivity contribution in [3.05, 3.63) is 24.3 Å². The van der Waals surface area contributed by atoms with E-state index < -0.39 is 0 Å². The molecule has 4 nitrogen and oxygen atoms in total. The Morgan fingerprint density at radius 2 is 1.71 bits per heavy atom. The summed E-state index contributed by atoms with van der Waals surface area (Å²) < 4.78 is 10.7. The lowest BCUT2D eigenvalue weighted by Gasteiger charge is -2.11. The van der Waals surface area contributed by atoms with E-state index in [0.717, 1.165) is 31.1 Å². The molecule has 0 bridgehead atoms. The minimum absolute atomic E-state index is 0.680. The van der Waals surface area contributed by atoms with Gasteiger partial charge in [0, 0.05) is 19.6 Å². The van der Waals surface area contributed by atoms with Gasteiger partial charge >= 0.3 is 0 Å². The summed E-state index contributed by atoms with van der Waals surface area (Å²) in [5, 5.41) is 3.32. The Hall–Kier alpha value is -1.26. The molecule has 0 aromatic heterocycles. The molecule has 0 unspecified atom stereocenters. The van der Waals surface area contributed by atoms with Crippen molar-refractivity contribution in [3.63, 3.8) is 0 Å². The summed E-state index contributed by atoms with van der Waals surface area (Å²) in [5.74, 6) is 1.72. The van der Waals surface area contributed by atoms with Gasteiger partial charge in [-0.25, -0.2) is 0 Å². The van der Waals surface area contributed by atoms with Gasteiger partial charge in [0.2, 0.25) is 0 Å². The van der Waals surface area contributed by atoms with Gasteiger partial charge in [0.05, 0.1) is 7.11 Å². The third-order valence-corrected chi connectivity index (χ3v) is 2.34. The second-order valence-electron chi connectivity index (χ2n) is 4.08. The zero-order chi connectivity index (χ0) is 12.5. The number of benzene rings is 1. The predicted molar refractivity (Wildman–Crippen MR) is 69.9 cm³/mol. The summed E-state index contributed by atoms with van der Waals surface area (Å²) in [6.07, 6.45) is 0. The Balaban J connectivity index is 2.09. The molecule has 0 atom stereocenters. The van der Waals surface area contributed by atoms with E-state index >= 15 is 0 Å². The number of methoxy groups -OCH3 is 1. The van der Waals surface area contributed by atoms with Crippen molar-refractivity contribution in [2.24, 2.45) is 0 Å². The lowest BCUT2D eigenvalue weighted by atomic mass is 10.3. The number of nitrogens with zero attached hydrogens (tertiary/aromatic N) is 1. The average molecular weight is 238 g/mol. The minimum atomic E-state index is 0.680. The van der Waals surface area contributed by atoms with Gasteiger partial charge in [0.25, 0.3) is 0 Å². The van der Waals surface area contributed by atoms with E-state index in [1.165, 1.54) is 0 Å². The van der Waals surface area contributed by atoms with Crippen molar-refractivity contribution in [2.75, 3.05) is 47.4 Å². The lowest BCUT2D eigenvalue weighted by molar-refractivity contribution is 0.308. The third kappa shape index (κ3) is 6.14. The summed E-state index contributed by atoms with van der Waals surface area (Å²) in [6, 6.07) is 7.63. The number of rotatable bonds is 8. The summed E-state index contributed by atoms with van der Waals surface area (Å²) in [7, 11) is 5.79. The number of ether oxygens (including phenoxy) is 2. The van der Waals surface area contributed by atoms with Gasteiger partial charge in [-0.05, 0) is 38.4 Å². The molecule has 0 saturated carbocycles. The quantitative estimate of drug-likeness (QED) is 0.691. The van der Waals surface area contributed by atoms with E-state index in [2.05, 4.69) is 24.3 Å².